The normalized spacial score (nSPS) is 11.5. The molecule has 0 aliphatic carbocycles. The summed E-state index contributed by atoms with van der Waals surface area (Å²) in [4.78, 5) is 25.8. The first-order valence-electron chi connectivity index (χ1n) is 14.1. The molecule has 42 heavy (non-hydrogen) atoms. The molecule has 210 valence electrons. The zero-order chi connectivity index (χ0) is 30.0. The van der Waals surface area contributed by atoms with E-state index in [1.165, 1.54) is 0 Å². The summed E-state index contributed by atoms with van der Waals surface area (Å²) < 4.78 is 7.92. The van der Waals surface area contributed by atoms with Crippen molar-refractivity contribution in [2.75, 3.05) is 0 Å². The molecular weight excluding hydrogens is 519 g/mol. The maximum absolute atomic E-state index is 12.9. The summed E-state index contributed by atoms with van der Waals surface area (Å²) in [6.45, 7) is 10.9. The number of carbonyl (C=O) groups excluding carboxylic acids is 2. The van der Waals surface area contributed by atoms with E-state index in [1.807, 2.05) is 87.5 Å². The van der Waals surface area contributed by atoms with Gasteiger partial charge in [-0.3, -0.25) is 4.79 Å². The fraction of sp³-hybridized carbons (Fsp3) is 0.222. The zero-order valence-corrected chi connectivity index (χ0v) is 24.8. The summed E-state index contributed by atoms with van der Waals surface area (Å²) in [5.41, 5.74) is 8.65. The SMILES string of the molecule is [B]c1ccc(CNC(=O)c2ccc3c(c2)c(C)c(C)n3Cc2ccc(-c3ccccc3C(=O)OC(C)(C)C)cc2)cc1. The molecule has 5 rings (SSSR count). The average Bonchev–Trinajstić information content (AvgIpc) is 3.20. The van der Waals surface area contributed by atoms with Gasteiger partial charge < -0.3 is 14.6 Å². The number of amides is 1. The van der Waals surface area contributed by atoms with Crippen LogP contribution in [-0.4, -0.2) is 29.9 Å². The molecule has 1 amide bonds. The van der Waals surface area contributed by atoms with E-state index in [1.54, 1.807) is 0 Å². The Labute approximate surface area is 248 Å². The number of aromatic nitrogens is 1. The lowest BCUT2D eigenvalue weighted by atomic mass is 9.95. The second kappa shape index (κ2) is 11.7. The highest BCUT2D eigenvalue weighted by Crippen LogP contribution is 2.29. The molecule has 0 spiro atoms. The summed E-state index contributed by atoms with van der Waals surface area (Å²) in [5, 5.41) is 4.07. The summed E-state index contributed by atoms with van der Waals surface area (Å²) in [5.74, 6) is -0.439. The Morgan fingerprint density at radius 3 is 2.21 bits per heavy atom. The van der Waals surface area contributed by atoms with Crippen molar-refractivity contribution >= 4 is 36.1 Å². The second-order valence-electron chi connectivity index (χ2n) is 11.7. The number of hydrogen-bond acceptors (Lipinski definition) is 3. The molecule has 0 fully saturated rings. The first-order valence-corrected chi connectivity index (χ1v) is 14.1. The lowest BCUT2D eigenvalue weighted by Gasteiger charge is -2.20. The van der Waals surface area contributed by atoms with Crippen LogP contribution in [-0.2, 0) is 17.8 Å². The Morgan fingerprint density at radius 1 is 0.857 bits per heavy atom. The van der Waals surface area contributed by atoms with Crippen LogP contribution in [0.3, 0.4) is 0 Å². The predicted molar refractivity (Wildman–Crippen MR) is 171 cm³/mol. The molecule has 4 aromatic carbocycles. The Morgan fingerprint density at radius 2 is 1.52 bits per heavy atom. The number of fused-ring (bicyclic) bond motifs is 1. The molecule has 0 atom stereocenters. The number of ether oxygens (including phenoxy) is 1. The maximum atomic E-state index is 12.9. The Bertz CT molecular complexity index is 1760. The van der Waals surface area contributed by atoms with Crippen LogP contribution >= 0.6 is 0 Å². The van der Waals surface area contributed by atoms with Gasteiger partial charge in [0.15, 0.2) is 0 Å². The first-order chi connectivity index (χ1) is 20.0. The number of carbonyl (C=O) groups is 2. The van der Waals surface area contributed by atoms with Crippen molar-refractivity contribution in [3.63, 3.8) is 0 Å². The molecule has 2 radical (unpaired) electrons. The molecule has 0 unspecified atom stereocenters. The molecule has 0 saturated heterocycles. The summed E-state index contributed by atoms with van der Waals surface area (Å²) >= 11 is 0. The van der Waals surface area contributed by atoms with Crippen molar-refractivity contribution in [1.29, 1.82) is 0 Å². The van der Waals surface area contributed by atoms with Crippen LogP contribution in [0.5, 0.6) is 0 Å². The van der Waals surface area contributed by atoms with Gasteiger partial charge in [-0.15, -0.1) is 0 Å². The molecular formula is C36H35BN2O3. The fourth-order valence-electron chi connectivity index (χ4n) is 5.13. The van der Waals surface area contributed by atoms with E-state index in [2.05, 4.69) is 48.0 Å². The van der Waals surface area contributed by atoms with Crippen LogP contribution in [0.15, 0.2) is 91.0 Å². The molecule has 0 aliphatic heterocycles. The topological polar surface area (TPSA) is 60.3 Å². The van der Waals surface area contributed by atoms with E-state index in [9.17, 15) is 9.59 Å². The van der Waals surface area contributed by atoms with E-state index < -0.39 is 5.60 Å². The largest absolute Gasteiger partial charge is 0.456 e. The minimum absolute atomic E-state index is 0.110. The van der Waals surface area contributed by atoms with Gasteiger partial charge in [-0.05, 0) is 86.7 Å². The quantitative estimate of drug-likeness (QED) is 0.181. The highest BCUT2D eigenvalue weighted by Gasteiger charge is 2.21. The van der Waals surface area contributed by atoms with Gasteiger partial charge in [-0.2, -0.15) is 0 Å². The second-order valence-corrected chi connectivity index (χ2v) is 11.7. The fourth-order valence-corrected chi connectivity index (χ4v) is 5.13. The van der Waals surface area contributed by atoms with E-state index in [0.29, 0.717) is 29.7 Å². The van der Waals surface area contributed by atoms with Gasteiger partial charge in [0.05, 0.1) is 5.56 Å². The van der Waals surface area contributed by atoms with Crippen LogP contribution < -0.4 is 10.8 Å². The maximum Gasteiger partial charge on any atom is 0.339 e. The number of rotatable bonds is 7. The van der Waals surface area contributed by atoms with Crippen molar-refractivity contribution < 1.29 is 14.3 Å². The lowest BCUT2D eigenvalue weighted by molar-refractivity contribution is 0.00703. The minimum Gasteiger partial charge on any atom is -0.456 e. The number of esters is 1. The molecule has 0 bridgehead atoms. The van der Waals surface area contributed by atoms with Gasteiger partial charge in [0.1, 0.15) is 13.4 Å². The van der Waals surface area contributed by atoms with Crippen molar-refractivity contribution in [3.05, 3.63) is 125 Å². The van der Waals surface area contributed by atoms with Crippen molar-refractivity contribution in [1.82, 2.24) is 9.88 Å². The number of aryl methyl sites for hydroxylation is 1. The summed E-state index contributed by atoms with van der Waals surface area (Å²) in [7, 11) is 5.76. The Balaban J connectivity index is 1.35. The average molecular weight is 554 g/mol. The van der Waals surface area contributed by atoms with E-state index >= 15 is 0 Å². The smallest absolute Gasteiger partial charge is 0.339 e. The summed E-state index contributed by atoms with van der Waals surface area (Å²) in [6.07, 6.45) is 0. The van der Waals surface area contributed by atoms with Crippen LogP contribution in [0.25, 0.3) is 22.0 Å². The molecule has 1 N–H and O–H groups in total. The molecule has 1 aromatic heterocycles. The van der Waals surface area contributed by atoms with Crippen molar-refractivity contribution in [3.8, 4) is 11.1 Å². The third kappa shape index (κ3) is 6.33. The molecule has 5 nitrogen and oxygen atoms in total. The number of nitrogens with zero attached hydrogens (tertiary/aromatic N) is 1. The van der Waals surface area contributed by atoms with Gasteiger partial charge in [0.2, 0.25) is 0 Å². The van der Waals surface area contributed by atoms with Crippen LogP contribution in [0.2, 0.25) is 0 Å². The molecule has 5 aromatic rings. The highest BCUT2D eigenvalue weighted by atomic mass is 16.6. The van der Waals surface area contributed by atoms with E-state index in [-0.39, 0.29) is 11.9 Å². The first kappa shape index (κ1) is 28.9. The van der Waals surface area contributed by atoms with E-state index in [0.717, 1.165) is 44.4 Å². The van der Waals surface area contributed by atoms with Gasteiger partial charge in [0.25, 0.3) is 5.91 Å². The van der Waals surface area contributed by atoms with E-state index in [4.69, 9.17) is 12.6 Å². The third-order valence-corrected chi connectivity index (χ3v) is 7.49. The summed E-state index contributed by atoms with van der Waals surface area (Å²) in [6, 6.07) is 29.2. The highest BCUT2D eigenvalue weighted by molar-refractivity contribution is 6.32. The number of nitrogens with one attached hydrogen (secondary N) is 1. The molecule has 6 heteroatoms. The van der Waals surface area contributed by atoms with Gasteiger partial charge >= 0.3 is 5.97 Å². The zero-order valence-electron chi connectivity index (χ0n) is 24.8. The number of benzene rings is 4. The molecule has 0 saturated carbocycles. The van der Waals surface area contributed by atoms with Gasteiger partial charge in [-0.1, -0.05) is 72.2 Å². The number of hydrogen-bond donors (Lipinski definition) is 1. The van der Waals surface area contributed by atoms with Gasteiger partial charge in [0, 0.05) is 35.2 Å². The Hall–Kier alpha value is -4.58. The van der Waals surface area contributed by atoms with Crippen LogP contribution in [0.4, 0.5) is 0 Å². The standard InChI is InChI=1S/C36H35BN2O3/c1-23-24(2)39(33-19-16-28(20-32(23)33)34(40)38-21-25-12-17-29(37)18-13-25)22-26-10-14-27(15-11-26)30-8-6-7-9-31(30)35(41)42-36(3,4)5/h6-20H,21-22H2,1-5H3,(H,38,40). The Kier molecular flexibility index (Phi) is 8.08. The lowest BCUT2D eigenvalue weighted by Crippen LogP contribution is -2.24. The van der Waals surface area contributed by atoms with Crippen molar-refractivity contribution in [2.45, 2.75) is 53.3 Å². The molecule has 0 aliphatic rings. The molecule has 1 heterocycles. The van der Waals surface area contributed by atoms with Gasteiger partial charge in [-0.25, -0.2) is 4.79 Å². The monoisotopic (exact) mass is 554 g/mol. The predicted octanol–water partition coefficient (Wildman–Crippen LogP) is 6.65. The van der Waals surface area contributed by atoms with Crippen molar-refractivity contribution in [2.24, 2.45) is 0 Å². The minimum atomic E-state index is -0.564. The van der Waals surface area contributed by atoms with Crippen LogP contribution in [0.1, 0.15) is 63.9 Å². The van der Waals surface area contributed by atoms with Crippen LogP contribution in [0, 0.1) is 13.8 Å². The third-order valence-electron chi connectivity index (χ3n) is 7.49.